The van der Waals surface area contributed by atoms with Crippen LogP contribution in [0.5, 0.6) is 0 Å². The summed E-state index contributed by atoms with van der Waals surface area (Å²) in [6.45, 7) is 0. The highest BCUT2D eigenvalue weighted by Crippen LogP contribution is 2.36. The van der Waals surface area contributed by atoms with Gasteiger partial charge >= 0.3 is 5.97 Å². The Morgan fingerprint density at radius 3 is 2.77 bits per heavy atom. The molecule has 1 rings (SSSR count). The van der Waals surface area contributed by atoms with E-state index in [4.69, 9.17) is 4.74 Å². The fourth-order valence-electron chi connectivity index (χ4n) is 1.91. The Morgan fingerprint density at radius 1 is 1.69 bits per heavy atom. The van der Waals surface area contributed by atoms with Crippen LogP contribution in [-0.4, -0.2) is 37.2 Å². The average molecular weight is 203 g/mol. The van der Waals surface area contributed by atoms with Crippen molar-refractivity contribution >= 4 is 17.7 Å². The first-order valence-corrected chi connectivity index (χ1v) is 5.77. The van der Waals surface area contributed by atoms with Gasteiger partial charge in [-0.2, -0.15) is 11.8 Å². The fraction of sp³-hybridized carbons (Fsp3) is 0.889. The summed E-state index contributed by atoms with van der Waals surface area (Å²) in [5.41, 5.74) is -0.414. The van der Waals surface area contributed by atoms with Gasteiger partial charge in [0, 0.05) is 5.25 Å². The van der Waals surface area contributed by atoms with Gasteiger partial charge in [-0.1, -0.05) is 0 Å². The van der Waals surface area contributed by atoms with E-state index < -0.39 is 5.54 Å². The van der Waals surface area contributed by atoms with Gasteiger partial charge in [-0.05, 0) is 32.6 Å². The first-order chi connectivity index (χ1) is 6.18. The SMILES string of the molecule is CNC1(C(=O)OC)CCC(SC)C1. The van der Waals surface area contributed by atoms with Crippen LogP contribution in [0.15, 0.2) is 0 Å². The molecule has 1 N–H and O–H groups in total. The van der Waals surface area contributed by atoms with Crippen molar-refractivity contribution in [3.8, 4) is 0 Å². The van der Waals surface area contributed by atoms with E-state index in [1.54, 1.807) is 0 Å². The molecular formula is C9H17NO2S. The zero-order valence-corrected chi connectivity index (χ0v) is 9.24. The van der Waals surface area contributed by atoms with Gasteiger partial charge < -0.3 is 10.1 Å². The molecule has 1 saturated carbocycles. The molecule has 0 aliphatic heterocycles. The molecule has 1 fully saturated rings. The van der Waals surface area contributed by atoms with Gasteiger partial charge in [0.05, 0.1) is 7.11 Å². The number of hydrogen-bond donors (Lipinski definition) is 1. The number of esters is 1. The summed E-state index contributed by atoms with van der Waals surface area (Å²) in [7, 11) is 3.29. The van der Waals surface area contributed by atoms with Crippen LogP contribution >= 0.6 is 11.8 Å². The second-order valence-corrected chi connectivity index (χ2v) is 4.56. The summed E-state index contributed by atoms with van der Waals surface area (Å²) >= 11 is 1.83. The summed E-state index contributed by atoms with van der Waals surface area (Å²) in [6, 6.07) is 0. The lowest BCUT2D eigenvalue weighted by Gasteiger charge is -2.25. The van der Waals surface area contributed by atoms with Crippen LogP contribution in [0.1, 0.15) is 19.3 Å². The van der Waals surface area contributed by atoms with Gasteiger partial charge in [0.2, 0.25) is 0 Å². The molecule has 76 valence electrons. The Bertz CT molecular complexity index is 198. The van der Waals surface area contributed by atoms with Crippen LogP contribution in [-0.2, 0) is 9.53 Å². The van der Waals surface area contributed by atoms with E-state index in [2.05, 4.69) is 11.6 Å². The van der Waals surface area contributed by atoms with Crippen molar-refractivity contribution in [3.63, 3.8) is 0 Å². The molecule has 0 aromatic rings. The minimum atomic E-state index is -0.414. The van der Waals surface area contributed by atoms with Gasteiger partial charge in [0.15, 0.2) is 0 Å². The van der Waals surface area contributed by atoms with E-state index in [9.17, 15) is 4.79 Å². The Hall–Kier alpha value is -0.220. The van der Waals surface area contributed by atoms with Gasteiger partial charge in [0.1, 0.15) is 5.54 Å². The van der Waals surface area contributed by atoms with Crippen molar-refractivity contribution in [1.82, 2.24) is 5.32 Å². The number of nitrogens with one attached hydrogen (secondary N) is 1. The maximum atomic E-state index is 11.5. The van der Waals surface area contributed by atoms with Crippen LogP contribution in [0.4, 0.5) is 0 Å². The highest BCUT2D eigenvalue weighted by Gasteiger charge is 2.44. The molecule has 0 amide bonds. The number of likely N-dealkylation sites (N-methyl/N-ethyl adjacent to an activating group) is 1. The van der Waals surface area contributed by atoms with Crippen LogP contribution < -0.4 is 5.32 Å². The maximum absolute atomic E-state index is 11.5. The molecule has 0 aromatic carbocycles. The molecule has 2 unspecified atom stereocenters. The fourth-order valence-corrected chi connectivity index (χ4v) is 2.72. The van der Waals surface area contributed by atoms with Crippen molar-refractivity contribution in [2.45, 2.75) is 30.1 Å². The van der Waals surface area contributed by atoms with Gasteiger partial charge in [0.25, 0.3) is 0 Å². The summed E-state index contributed by atoms with van der Waals surface area (Å²) in [4.78, 5) is 11.5. The standard InChI is InChI=1S/C9H17NO2S/c1-10-9(8(11)12-2)5-4-7(6-9)13-3/h7,10H,4-6H2,1-3H3. The number of methoxy groups -OCH3 is 1. The number of rotatable bonds is 3. The quantitative estimate of drug-likeness (QED) is 0.695. The van der Waals surface area contributed by atoms with Crippen molar-refractivity contribution in [3.05, 3.63) is 0 Å². The summed E-state index contributed by atoms with van der Waals surface area (Å²) in [6.07, 6.45) is 4.96. The largest absolute Gasteiger partial charge is 0.468 e. The van der Waals surface area contributed by atoms with Crippen molar-refractivity contribution in [2.24, 2.45) is 0 Å². The Balaban J connectivity index is 2.67. The predicted octanol–water partition coefficient (Wildman–Crippen LogP) is 1.03. The molecule has 2 atom stereocenters. The van der Waals surface area contributed by atoms with Gasteiger partial charge in [-0.25, -0.2) is 0 Å². The average Bonchev–Trinajstić information content (AvgIpc) is 2.61. The molecule has 0 radical (unpaired) electrons. The molecule has 1 aliphatic carbocycles. The Kier molecular flexibility index (Phi) is 3.62. The second-order valence-electron chi connectivity index (χ2n) is 3.42. The number of thioether (sulfide) groups is 1. The molecule has 0 heterocycles. The van der Waals surface area contributed by atoms with Crippen molar-refractivity contribution < 1.29 is 9.53 Å². The zero-order chi connectivity index (χ0) is 9.90. The monoisotopic (exact) mass is 203 g/mol. The number of hydrogen-bond acceptors (Lipinski definition) is 4. The van der Waals surface area contributed by atoms with Crippen LogP contribution in [0, 0.1) is 0 Å². The highest BCUT2D eigenvalue weighted by molar-refractivity contribution is 7.99. The lowest BCUT2D eigenvalue weighted by Crippen LogP contribution is -2.49. The smallest absolute Gasteiger partial charge is 0.326 e. The molecule has 0 bridgehead atoms. The topological polar surface area (TPSA) is 38.3 Å². The van der Waals surface area contributed by atoms with E-state index in [-0.39, 0.29) is 5.97 Å². The molecule has 4 heteroatoms. The summed E-state index contributed by atoms with van der Waals surface area (Å²) in [5.74, 6) is -0.119. The molecule has 0 aromatic heterocycles. The number of carbonyl (C=O) groups excluding carboxylic acids is 1. The van der Waals surface area contributed by atoms with E-state index in [1.807, 2.05) is 18.8 Å². The minimum Gasteiger partial charge on any atom is -0.468 e. The Labute approximate surface area is 83.6 Å². The molecule has 1 aliphatic rings. The lowest BCUT2D eigenvalue weighted by atomic mass is 9.98. The van der Waals surface area contributed by atoms with Crippen molar-refractivity contribution in [1.29, 1.82) is 0 Å². The van der Waals surface area contributed by atoms with Gasteiger partial charge in [-0.3, -0.25) is 4.79 Å². The van der Waals surface area contributed by atoms with E-state index in [0.29, 0.717) is 5.25 Å². The minimum absolute atomic E-state index is 0.119. The van der Waals surface area contributed by atoms with Crippen LogP contribution in [0.2, 0.25) is 0 Å². The molecule has 0 spiro atoms. The third kappa shape index (κ3) is 1.99. The normalized spacial score (nSPS) is 33.3. The van der Waals surface area contributed by atoms with Crippen molar-refractivity contribution in [2.75, 3.05) is 20.4 Å². The zero-order valence-electron chi connectivity index (χ0n) is 8.42. The first-order valence-electron chi connectivity index (χ1n) is 4.48. The molecular weight excluding hydrogens is 186 g/mol. The summed E-state index contributed by atoms with van der Waals surface area (Å²) < 4.78 is 4.81. The maximum Gasteiger partial charge on any atom is 0.326 e. The van der Waals surface area contributed by atoms with Crippen LogP contribution in [0.25, 0.3) is 0 Å². The Morgan fingerprint density at radius 2 is 2.38 bits per heavy atom. The highest BCUT2D eigenvalue weighted by atomic mass is 32.2. The summed E-state index contributed by atoms with van der Waals surface area (Å²) in [5, 5.41) is 3.69. The van der Waals surface area contributed by atoms with Crippen LogP contribution in [0.3, 0.4) is 0 Å². The third-order valence-corrected chi connectivity index (χ3v) is 3.93. The molecule has 0 saturated heterocycles. The third-order valence-electron chi connectivity index (χ3n) is 2.86. The molecule has 13 heavy (non-hydrogen) atoms. The molecule has 3 nitrogen and oxygen atoms in total. The predicted molar refractivity (Wildman–Crippen MR) is 55.0 cm³/mol. The van der Waals surface area contributed by atoms with E-state index >= 15 is 0 Å². The van der Waals surface area contributed by atoms with E-state index in [1.165, 1.54) is 7.11 Å². The lowest BCUT2D eigenvalue weighted by molar-refractivity contribution is -0.148. The number of ether oxygens (including phenoxy) is 1. The second kappa shape index (κ2) is 4.33. The first kappa shape index (κ1) is 10.9. The van der Waals surface area contributed by atoms with Gasteiger partial charge in [-0.15, -0.1) is 0 Å². The number of carbonyl (C=O) groups is 1. The van der Waals surface area contributed by atoms with E-state index in [0.717, 1.165) is 19.3 Å².